The molecule has 1 fully saturated rings. The Hall–Kier alpha value is -1.82. The normalized spacial score (nSPS) is 24.9. The lowest BCUT2D eigenvalue weighted by Gasteiger charge is -2.30. The van der Waals surface area contributed by atoms with E-state index >= 15 is 0 Å². The third kappa shape index (κ3) is 1.42. The minimum atomic E-state index is 0.419. The number of rotatable bonds is 2. The molecule has 0 amide bonds. The van der Waals surface area contributed by atoms with E-state index in [1.165, 1.54) is 18.5 Å². The van der Waals surface area contributed by atoms with Crippen LogP contribution in [0.2, 0.25) is 0 Å². The second kappa shape index (κ2) is 4.09. The van der Waals surface area contributed by atoms with Crippen molar-refractivity contribution < 1.29 is 9.47 Å². The van der Waals surface area contributed by atoms with Gasteiger partial charge in [0.2, 0.25) is 17.5 Å². The van der Waals surface area contributed by atoms with Gasteiger partial charge in [-0.3, -0.25) is 4.90 Å². The van der Waals surface area contributed by atoms with Crippen molar-refractivity contribution >= 4 is 5.78 Å². The molecule has 0 aliphatic carbocycles. The van der Waals surface area contributed by atoms with Crippen LogP contribution in [-0.4, -0.2) is 46.6 Å². The average Bonchev–Trinajstić information content (AvgIpc) is 2.93. The van der Waals surface area contributed by atoms with Gasteiger partial charge in [0.05, 0.1) is 37.7 Å². The number of ether oxygens (including phenoxy) is 2. The molecule has 2 atom stereocenters. The molecule has 106 valence electrons. The number of nitrogens with zero attached hydrogens (tertiary/aromatic N) is 4. The first-order valence-electron chi connectivity index (χ1n) is 6.95. The highest BCUT2D eigenvalue weighted by Crippen LogP contribution is 2.43. The molecule has 0 spiro atoms. The Morgan fingerprint density at radius 1 is 1.20 bits per heavy atom. The zero-order valence-corrected chi connectivity index (χ0v) is 12.0. The van der Waals surface area contributed by atoms with Crippen LogP contribution in [0.15, 0.2) is 6.07 Å². The van der Waals surface area contributed by atoms with Crippen molar-refractivity contribution in [2.24, 2.45) is 0 Å². The molecule has 0 aromatic carbocycles. The third-order valence-corrected chi connectivity index (χ3v) is 4.65. The minimum absolute atomic E-state index is 0.419. The van der Waals surface area contributed by atoms with Gasteiger partial charge >= 0.3 is 0 Å². The summed E-state index contributed by atoms with van der Waals surface area (Å²) in [6, 6.07) is 2.85. The molecule has 2 bridgehead atoms. The van der Waals surface area contributed by atoms with E-state index in [9.17, 15) is 0 Å². The Morgan fingerprint density at radius 2 is 2.05 bits per heavy atom. The highest BCUT2D eigenvalue weighted by molar-refractivity contribution is 5.46. The molecule has 2 aromatic rings. The molecule has 4 rings (SSSR count). The van der Waals surface area contributed by atoms with Crippen molar-refractivity contribution in [2.75, 3.05) is 21.3 Å². The monoisotopic (exact) mass is 274 g/mol. The van der Waals surface area contributed by atoms with Crippen LogP contribution >= 0.6 is 0 Å². The van der Waals surface area contributed by atoms with Gasteiger partial charge in [0.1, 0.15) is 0 Å². The molecule has 0 N–H and O–H groups in total. The molecule has 20 heavy (non-hydrogen) atoms. The summed E-state index contributed by atoms with van der Waals surface area (Å²) in [5, 5.41) is 0. The number of hydrogen-bond donors (Lipinski definition) is 0. The van der Waals surface area contributed by atoms with Crippen molar-refractivity contribution in [1.82, 2.24) is 19.3 Å². The predicted molar refractivity (Wildman–Crippen MR) is 73.3 cm³/mol. The number of methoxy groups -OCH3 is 2. The van der Waals surface area contributed by atoms with Gasteiger partial charge < -0.3 is 9.47 Å². The highest BCUT2D eigenvalue weighted by atomic mass is 16.5. The summed E-state index contributed by atoms with van der Waals surface area (Å²) in [5.41, 5.74) is 2.40. The van der Waals surface area contributed by atoms with E-state index < -0.39 is 0 Å². The lowest BCUT2D eigenvalue weighted by molar-refractivity contribution is 0.217. The first-order chi connectivity index (χ1) is 9.72. The fourth-order valence-corrected chi connectivity index (χ4v) is 3.62. The van der Waals surface area contributed by atoms with Crippen LogP contribution in [0.1, 0.15) is 30.3 Å². The van der Waals surface area contributed by atoms with E-state index in [0.717, 1.165) is 18.0 Å². The molecule has 2 aliphatic heterocycles. The summed E-state index contributed by atoms with van der Waals surface area (Å²) in [5.74, 6) is 1.95. The van der Waals surface area contributed by atoms with Crippen LogP contribution in [0.5, 0.6) is 11.8 Å². The quantitative estimate of drug-likeness (QED) is 0.829. The Kier molecular flexibility index (Phi) is 2.44. The molecule has 6 nitrogen and oxygen atoms in total. The first kappa shape index (κ1) is 12.0. The van der Waals surface area contributed by atoms with Gasteiger partial charge in [0, 0.05) is 12.5 Å². The predicted octanol–water partition coefficient (Wildman–Crippen LogP) is 1.44. The minimum Gasteiger partial charge on any atom is -0.482 e. The van der Waals surface area contributed by atoms with Crippen LogP contribution in [0, 0.1) is 0 Å². The van der Waals surface area contributed by atoms with Crippen molar-refractivity contribution in [3.05, 3.63) is 17.5 Å². The molecule has 4 heterocycles. The lowest BCUT2D eigenvalue weighted by atomic mass is 10.0. The van der Waals surface area contributed by atoms with Crippen molar-refractivity contribution in [1.29, 1.82) is 0 Å². The lowest BCUT2D eigenvalue weighted by Crippen LogP contribution is -2.34. The summed E-state index contributed by atoms with van der Waals surface area (Å²) >= 11 is 0. The topological polar surface area (TPSA) is 51.9 Å². The standard InChI is InChI=1S/C14H18N4O2/c1-17-8-4-5-10(17)13-9(6-8)15-14-16-11(19-2)7-12(20-3)18(13)14/h7-8,10H,4-6H2,1-3H3. The molecule has 2 aromatic heterocycles. The largest absolute Gasteiger partial charge is 0.482 e. The number of hydrogen-bond acceptors (Lipinski definition) is 5. The molecule has 0 saturated carbocycles. The maximum absolute atomic E-state index is 5.52. The van der Waals surface area contributed by atoms with Gasteiger partial charge in [-0.05, 0) is 19.9 Å². The van der Waals surface area contributed by atoms with Gasteiger partial charge in [0.15, 0.2) is 0 Å². The van der Waals surface area contributed by atoms with E-state index in [4.69, 9.17) is 14.5 Å². The Balaban J connectivity index is 2.00. The Bertz CT molecular complexity index is 681. The Labute approximate surface area is 117 Å². The van der Waals surface area contributed by atoms with Crippen LogP contribution in [0.4, 0.5) is 0 Å². The van der Waals surface area contributed by atoms with Gasteiger partial charge in [-0.2, -0.15) is 4.98 Å². The number of fused-ring (bicyclic) bond motifs is 6. The van der Waals surface area contributed by atoms with E-state index in [0.29, 0.717) is 23.7 Å². The summed E-state index contributed by atoms with van der Waals surface area (Å²) in [7, 11) is 5.48. The van der Waals surface area contributed by atoms with E-state index in [1.807, 2.05) is 10.5 Å². The maximum atomic E-state index is 5.52. The van der Waals surface area contributed by atoms with Gasteiger partial charge in [-0.15, -0.1) is 0 Å². The van der Waals surface area contributed by atoms with Crippen molar-refractivity contribution in [2.45, 2.75) is 31.3 Å². The number of aromatic nitrogens is 3. The SMILES string of the molecule is COc1cc(OC)n2c3c(nc2n1)CC1CCC3N1C. The zero-order chi connectivity index (χ0) is 13.9. The molecule has 6 heteroatoms. The third-order valence-electron chi connectivity index (χ3n) is 4.65. The summed E-state index contributed by atoms with van der Waals surface area (Å²) < 4.78 is 12.8. The number of imidazole rings is 1. The second-order valence-electron chi connectivity index (χ2n) is 5.54. The smallest absolute Gasteiger partial charge is 0.240 e. The van der Waals surface area contributed by atoms with Crippen LogP contribution < -0.4 is 9.47 Å². The number of likely N-dealkylation sites (N-methyl/N-ethyl adjacent to an activating group) is 1. The maximum Gasteiger partial charge on any atom is 0.240 e. The average molecular weight is 274 g/mol. The second-order valence-corrected chi connectivity index (χ2v) is 5.54. The zero-order valence-electron chi connectivity index (χ0n) is 12.0. The fourth-order valence-electron chi connectivity index (χ4n) is 3.62. The first-order valence-corrected chi connectivity index (χ1v) is 6.95. The summed E-state index contributed by atoms with van der Waals surface area (Å²) in [6.07, 6.45) is 3.42. The van der Waals surface area contributed by atoms with Gasteiger partial charge in [-0.1, -0.05) is 0 Å². The Morgan fingerprint density at radius 3 is 2.80 bits per heavy atom. The molecular weight excluding hydrogens is 256 g/mol. The van der Waals surface area contributed by atoms with E-state index in [-0.39, 0.29) is 0 Å². The highest BCUT2D eigenvalue weighted by Gasteiger charge is 2.41. The van der Waals surface area contributed by atoms with Crippen LogP contribution in [0.25, 0.3) is 5.78 Å². The molecule has 2 unspecified atom stereocenters. The van der Waals surface area contributed by atoms with Crippen molar-refractivity contribution in [3.63, 3.8) is 0 Å². The molecule has 0 radical (unpaired) electrons. The van der Waals surface area contributed by atoms with Crippen molar-refractivity contribution in [3.8, 4) is 11.8 Å². The summed E-state index contributed by atoms with van der Waals surface area (Å²) in [6.45, 7) is 0. The van der Waals surface area contributed by atoms with Crippen LogP contribution in [0.3, 0.4) is 0 Å². The van der Waals surface area contributed by atoms with E-state index in [2.05, 4.69) is 16.9 Å². The molecule has 1 saturated heterocycles. The molecular formula is C14H18N4O2. The van der Waals surface area contributed by atoms with Crippen LogP contribution in [-0.2, 0) is 6.42 Å². The van der Waals surface area contributed by atoms with Gasteiger partial charge in [-0.25, -0.2) is 9.38 Å². The van der Waals surface area contributed by atoms with E-state index in [1.54, 1.807) is 14.2 Å². The molecule has 2 aliphatic rings. The fraction of sp³-hybridized carbons (Fsp3) is 0.571. The van der Waals surface area contributed by atoms with Gasteiger partial charge in [0.25, 0.3) is 0 Å². The summed E-state index contributed by atoms with van der Waals surface area (Å²) in [4.78, 5) is 11.6.